The molecular weight excluding hydrogens is 138 g/mol. The Morgan fingerprint density at radius 3 is 2.73 bits per heavy atom. The Morgan fingerprint density at radius 2 is 2.18 bits per heavy atom. The molecule has 0 aromatic carbocycles. The van der Waals surface area contributed by atoms with Gasteiger partial charge in [0.25, 0.3) is 0 Å². The first-order valence-electron chi connectivity index (χ1n) is 4.31. The van der Waals surface area contributed by atoms with Crippen molar-refractivity contribution in [3.8, 4) is 0 Å². The Kier molecular flexibility index (Phi) is 7.26. The zero-order valence-corrected chi connectivity index (χ0v) is 7.76. The molecule has 0 spiro atoms. The van der Waals surface area contributed by atoms with Crippen molar-refractivity contribution in [1.29, 1.82) is 0 Å². The van der Waals surface area contributed by atoms with Crippen molar-refractivity contribution in [2.24, 2.45) is 5.92 Å². The fourth-order valence-electron chi connectivity index (χ4n) is 0.555. The predicted molar refractivity (Wildman–Crippen MR) is 48.0 cm³/mol. The second-order valence-electron chi connectivity index (χ2n) is 2.92. The zero-order chi connectivity index (χ0) is 8.53. The molecule has 0 radical (unpaired) electrons. The van der Waals surface area contributed by atoms with Crippen molar-refractivity contribution >= 4 is 0 Å². The molecule has 66 valence electrons. The Morgan fingerprint density at radius 1 is 1.45 bits per heavy atom. The summed E-state index contributed by atoms with van der Waals surface area (Å²) in [4.78, 5) is 5.09. The van der Waals surface area contributed by atoms with Crippen LogP contribution < -0.4 is 5.48 Å². The van der Waals surface area contributed by atoms with Gasteiger partial charge >= 0.3 is 0 Å². The predicted octanol–water partition coefficient (Wildman–Crippen LogP) is 2.48. The highest BCUT2D eigenvalue weighted by molar-refractivity contribution is 4.79. The fourth-order valence-corrected chi connectivity index (χ4v) is 0.555. The van der Waals surface area contributed by atoms with Gasteiger partial charge in [0.1, 0.15) is 0 Å². The Labute approximate surface area is 69.6 Å². The monoisotopic (exact) mass is 157 g/mol. The van der Waals surface area contributed by atoms with E-state index in [9.17, 15) is 0 Å². The van der Waals surface area contributed by atoms with Crippen LogP contribution in [-0.4, -0.2) is 6.61 Å². The van der Waals surface area contributed by atoms with Crippen molar-refractivity contribution in [3.63, 3.8) is 0 Å². The van der Waals surface area contributed by atoms with Crippen LogP contribution in [-0.2, 0) is 4.84 Å². The molecule has 0 atom stereocenters. The van der Waals surface area contributed by atoms with Crippen LogP contribution in [0.3, 0.4) is 0 Å². The highest BCUT2D eigenvalue weighted by Crippen LogP contribution is 1.91. The molecule has 0 heterocycles. The van der Waals surface area contributed by atoms with Crippen LogP contribution in [0.5, 0.6) is 0 Å². The molecule has 0 amide bonds. The molecule has 0 unspecified atom stereocenters. The molecule has 0 aromatic heterocycles. The van der Waals surface area contributed by atoms with Crippen molar-refractivity contribution in [2.45, 2.75) is 33.6 Å². The van der Waals surface area contributed by atoms with E-state index in [1.165, 1.54) is 6.42 Å². The van der Waals surface area contributed by atoms with Gasteiger partial charge in [0.2, 0.25) is 0 Å². The van der Waals surface area contributed by atoms with Gasteiger partial charge in [0.05, 0.1) is 6.61 Å². The third-order valence-corrected chi connectivity index (χ3v) is 1.23. The minimum atomic E-state index is 0.581. The lowest BCUT2D eigenvalue weighted by Crippen LogP contribution is -2.07. The average Bonchev–Trinajstić information content (AvgIpc) is 1.96. The summed E-state index contributed by atoms with van der Waals surface area (Å²) < 4.78 is 0. The number of unbranched alkanes of at least 4 members (excludes halogenated alkanes) is 1. The van der Waals surface area contributed by atoms with Crippen LogP contribution in [0.25, 0.3) is 0 Å². The van der Waals surface area contributed by atoms with Gasteiger partial charge in [0, 0.05) is 6.20 Å². The van der Waals surface area contributed by atoms with Crippen molar-refractivity contribution in [1.82, 2.24) is 5.48 Å². The van der Waals surface area contributed by atoms with Crippen LogP contribution in [0.4, 0.5) is 0 Å². The second kappa shape index (κ2) is 7.61. The first-order chi connectivity index (χ1) is 5.27. The van der Waals surface area contributed by atoms with Gasteiger partial charge < -0.3 is 0 Å². The normalized spacial score (nSPS) is 11.3. The molecule has 2 heteroatoms. The maximum Gasteiger partial charge on any atom is 0.0745 e. The summed E-state index contributed by atoms with van der Waals surface area (Å²) >= 11 is 0. The van der Waals surface area contributed by atoms with E-state index in [2.05, 4.69) is 32.3 Å². The van der Waals surface area contributed by atoms with E-state index in [1.807, 2.05) is 6.20 Å². The standard InChI is InChI=1S/C9H19NO/c1-4-5-8-11-10-7-6-9(2)3/h6-7,9-10H,4-5,8H2,1-3H3. The van der Waals surface area contributed by atoms with Crippen LogP contribution in [0.15, 0.2) is 12.3 Å². The minimum absolute atomic E-state index is 0.581. The molecule has 0 bridgehead atoms. The summed E-state index contributed by atoms with van der Waals surface area (Å²) in [7, 11) is 0. The smallest absolute Gasteiger partial charge is 0.0745 e. The average molecular weight is 157 g/mol. The maximum atomic E-state index is 5.09. The summed E-state index contributed by atoms with van der Waals surface area (Å²) in [6.45, 7) is 7.20. The van der Waals surface area contributed by atoms with Gasteiger partial charge in [-0.25, -0.2) is 0 Å². The third-order valence-electron chi connectivity index (χ3n) is 1.23. The Balaban J connectivity index is 3.01. The van der Waals surface area contributed by atoms with Crippen molar-refractivity contribution in [2.75, 3.05) is 6.61 Å². The number of allylic oxidation sites excluding steroid dienone is 1. The summed E-state index contributed by atoms with van der Waals surface area (Å²) in [5, 5.41) is 0. The minimum Gasteiger partial charge on any atom is -0.277 e. The number of hydroxylamine groups is 1. The van der Waals surface area contributed by atoms with E-state index < -0.39 is 0 Å². The van der Waals surface area contributed by atoms with Gasteiger partial charge in [-0.3, -0.25) is 10.3 Å². The lowest BCUT2D eigenvalue weighted by atomic mass is 10.2. The number of hydrogen-bond donors (Lipinski definition) is 1. The van der Waals surface area contributed by atoms with Crippen LogP contribution in [0.1, 0.15) is 33.6 Å². The number of nitrogens with one attached hydrogen (secondary N) is 1. The van der Waals surface area contributed by atoms with Gasteiger partial charge in [-0.2, -0.15) is 0 Å². The van der Waals surface area contributed by atoms with Gasteiger partial charge in [-0.15, -0.1) is 0 Å². The molecule has 1 N–H and O–H groups in total. The quantitative estimate of drug-likeness (QED) is 0.472. The van der Waals surface area contributed by atoms with E-state index in [0.29, 0.717) is 5.92 Å². The Hall–Kier alpha value is -0.500. The highest BCUT2D eigenvalue weighted by Gasteiger charge is 1.83. The first-order valence-corrected chi connectivity index (χ1v) is 4.31. The summed E-state index contributed by atoms with van der Waals surface area (Å²) in [6, 6.07) is 0. The van der Waals surface area contributed by atoms with E-state index in [1.54, 1.807) is 0 Å². The van der Waals surface area contributed by atoms with E-state index in [-0.39, 0.29) is 0 Å². The fraction of sp³-hybridized carbons (Fsp3) is 0.778. The maximum absolute atomic E-state index is 5.09. The van der Waals surface area contributed by atoms with E-state index >= 15 is 0 Å². The molecule has 0 saturated carbocycles. The lowest BCUT2D eigenvalue weighted by Gasteiger charge is -2.00. The first kappa shape index (κ1) is 10.5. The van der Waals surface area contributed by atoms with Crippen LogP contribution >= 0.6 is 0 Å². The van der Waals surface area contributed by atoms with Gasteiger partial charge in [-0.1, -0.05) is 33.3 Å². The summed E-state index contributed by atoms with van der Waals surface area (Å²) in [5.41, 5.74) is 2.77. The SMILES string of the molecule is CCCCONC=CC(C)C. The van der Waals surface area contributed by atoms with E-state index in [4.69, 9.17) is 4.84 Å². The van der Waals surface area contributed by atoms with Crippen LogP contribution in [0.2, 0.25) is 0 Å². The topological polar surface area (TPSA) is 21.3 Å². The lowest BCUT2D eigenvalue weighted by molar-refractivity contribution is 0.0687. The summed E-state index contributed by atoms with van der Waals surface area (Å²) in [5.74, 6) is 0.581. The molecule has 0 aliphatic carbocycles. The molecular formula is C9H19NO. The largest absolute Gasteiger partial charge is 0.277 e. The van der Waals surface area contributed by atoms with E-state index in [0.717, 1.165) is 13.0 Å². The zero-order valence-electron chi connectivity index (χ0n) is 7.76. The number of rotatable bonds is 6. The molecule has 0 rings (SSSR count). The van der Waals surface area contributed by atoms with Crippen LogP contribution in [0, 0.1) is 5.92 Å². The summed E-state index contributed by atoms with van der Waals surface area (Å²) in [6.07, 6.45) is 6.20. The highest BCUT2D eigenvalue weighted by atomic mass is 16.6. The second-order valence-corrected chi connectivity index (χ2v) is 2.92. The molecule has 11 heavy (non-hydrogen) atoms. The molecule has 0 aromatic rings. The Bertz CT molecular complexity index is 99.7. The molecule has 2 nitrogen and oxygen atoms in total. The van der Waals surface area contributed by atoms with Crippen molar-refractivity contribution < 1.29 is 4.84 Å². The molecule has 0 saturated heterocycles. The molecule has 0 fully saturated rings. The van der Waals surface area contributed by atoms with Gasteiger partial charge in [-0.05, 0) is 12.3 Å². The molecule has 0 aliphatic heterocycles. The van der Waals surface area contributed by atoms with Gasteiger partial charge in [0.15, 0.2) is 0 Å². The van der Waals surface area contributed by atoms with Crippen molar-refractivity contribution in [3.05, 3.63) is 12.3 Å². The number of hydrogen-bond acceptors (Lipinski definition) is 2. The molecule has 0 aliphatic rings. The third kappa shape index (κ3) is 9.50.